The van der Waals surface area contributed by atoms with Crippen molar-refractivity contribution in [3.63, 3.8) is 0 Å². The maximum absolute atomic E-state index is 13.9. The molecule has 0 aliphatic carbocycles. The summed E-state index contributed by atoms with van der Waals surface area (Å²) in [6.45, 7) is 6.64. The van der Waals surface area contributed by atoms with Crippen LogP contribution in [0.4, 0.5) is 10.5 Å². The number of carbonyl (C=O) groups is 3. The number of barbiturate groups is 1. The second-order valence-corrected chi connectivity index (χ2v) is 9.43. The van der Waals surface area contributed by atoms with Crippen LogP contribution in [0.15, 0.2) is 84.4 Å². The number of amides is 4. The van der Waals surface area contributed by atoms with Gasteiger partial charge in [0.15, 0.2) is 0 Å². The largest absolute Gasteiger partial charge is 0.494 e. The van der Waals surface area contributed by atoms with E-state index >= 15 is 0 Å². The molecule has 4 aromatic rings. The molecule has 1 N–H and O–H groups in total. The van der Waals surface area contributed by atoms with E-state index in [1.54, 1.807) is 25.1 Å². The standard InChI is InChI=1S/C33H30N2O6/c1-4-39-24-14-16-30(40-5-2)28(18-24)35-32(37)27(31(36)34-33(35)38)19-26-25-12-7-6-11-23(25)13-15-29(26)41-20-22-10-8-9-21(3)17-22/h6-19H,4-5,20H2,1-3H3,(H,34,36,38)/b27-19+. The van der Waals surface area contributed by atoms with Gasteiger partial charge in [0.25, 0.3) is 11.8 Å². The minimum atomic E-state index is -0.874. The number of ether oxygens (including phenoxy) is 3. The Morgan fingerprint density at radius 2 is 1.59 bits per heavy atom. The SMILES string of the molecule is CCOc1ccc(OCC)c(N2C(=O)NC(=O)/C(=C\c3c(OCc4cccc(C)c4)ccc4ccccc34)C2=O)c1. The van der Waals surface area contributed by atoms with Crippen LogP contribution in [-0.2, 0) is 16.2 Å². The minimum absolute atomic E-state index is 0.174. The van der Waals surface area contributed by atoms with Crippen molar-refractivity contribution in [1.29, 1.82) is 0 Å². The predicted octanol–water partition coefficient (Wildman–Crippen LogP) is 6.19. The summed E-state index contributed by atoms with van der Waals surface area (Å²) in [5, 5.41) is 4.00. The van der Waals surface area contributed by atoms with Crippen molar-refractivity contribution in [3.05, 3.63) is 101 Å². The third kappa shape index (κ3) is 5.77. The van der Waals surface area contributed by atoms with Crippen molar-refractivity contribution in [2.45, 2.75) is 27.4 Å². The Balaban J connectivity index is 1.59. The molecule has 1 aliphatic rings. The number of nitrogens with one attached hydrogen (secondary N) is 1. The first-order chi connectivity index (χ1) is 19.9. The lowest BCUT2D eigenvalue weighted by Crippen LogP contribution is -2.54. The number of rotatable bonds is 9. The zero-order valence-corrected chi connectivity index (χ0v) is 23.1. The van der Waals surface area contributed by atoms with Gasteiger partial charge in [0.1, 0.15) is 29.4 Å². The molecule has 0 spiro atoms. The highest BCUT2D eigenvalue weighted by Gasteiger charge is 2.38. The first-order valence-corrected chi connectivity index (χ1v) is 13.4. The highest BCUT2D eigenvalue weighted by molar-refractivity contribution is 6.39. The van der Waals surface area contributed by atoms with Gasteiger partial charge in [0, 0.05) is 11.6 Å². The van der Waals surface area contributed by atoms with Crippen molar-refractivity contribution >= 4 is 40.4 Å². The van der Waals surface area contributed by atoms with Crippen LogP contribution in [0.25, 0.3) is 16.8 Å². The first kappa shape index (κ1) is 27.5. The predicted molar refractivity (Wildman–Crippen MR) is 157 cm³/mol. The van der Waals surface area contributed by atoms with E-state index in [2.05, 4.69) is 5.32 Å². The van der Waals surface area contributed by atoms with E-state index in [4.69, 9.17) is 14.2 Å². The minimum Gasteiger partial charge on any atom is -0.494 e. The van der Waals surface area contributed by atoms with Crippen LogP contribution in [0.1, 0.15) is 30.5 Å². The first-order valence-electron chi connectivity index (χ1n) is 13.4. The van der Waals surface area contributed by atoms with E-state index in [1.165, 1.54) is 6.08 Å². The number of benzene rings is 4. The number of fused-ring (bicyclic) bond motifs is 1. The summed E-state index contributed by atoms with van der Waals surface area (Å²) in [6, 6.07) is 23.3. The Labute approximate surface area is 238 Å². The molecule has 8 nitrogen and oxygen atoms in total. The Bertz CT molecular complexity index is 1680. The van der Waals surface area contributed by atoms with E-state index < -0.39 is 17.8 Å². The van der Waals surface area contributed by atoms with Crippen molar-refractivity contribution in [2.75, 3.05) is 18.1 Å². The average Bonchev–Trinajstić information content (AvgIpc) is 2.96. The molecule has 1 heterocycles. The number of anilines is 1. The van der Waals surface area contributed by atoms with E-state index in [9.17, 15) is 14.4 Å². The molecule has 4 amide bonds. The lowest BCUT2D eigenvalue weighted by Gasteiger charge is -2.28. The fraction of sp³-hybridized carbons (Fsp3) is 0.182. The van der Waals surface area contributed by atoms with Gasteiger partial charge in [-0.2, -0.15) is 0 Å². The second-order valence-electron chi connectivity index (χ2n) is 9.43. The van der Waals surface area contributed by atoms with Gasteiger partial charge in [0.2, 0.25) is 0 Å². The van der Waals surface area contributed by atoms with Crippen molar-refractivity contribution in [3.8, 4) is 17.2 Å². The van der Waals surface area contributed by atoms with Crippen LogP contribution in [0.3, 0.4) is 0 Å². The van der Waals surface area contributed by atoms with Crippen molar-refractivity contribution in [2.24, 2.45) is 0 Å². The van der Waals surface area contributed by atoms with Crippen molar-refractivity contribution < 1.29 is 28.6 Å². The van der Waals surface area contributed by atoms with Gasteiger partial charge >= 0.3 is 6.03 Å². The van der Waals surface area contributed by atoms with Crippen molar-refractivity contribution in [1.82, 2.24) is 5.32 Å². The van der Waals surface area contributed by atoms with E-state index in [1.807, 2.05) is 74.5 Å². The molecule has 8 heteroatoms. The molecule has 208 valence electrons. The normalized spacial score (nSPS) is 14.4. The van der Waals surface area contributed by atoms with Gasteiger partial charge in [-0.15, -0.1) is 0 Å². The summed E-state index contributed by atoms with van der Waals surface area (Å²) in [6.07, 6.45) is 1.48. The molecule has 0 radical (unpaired) electrons. The zero-order chi connectivity index (χ0) is 28.9. The van der Waals surface area contributed by atoms with Gasteiger partial charge in [-0.25, -0.2) is 9.69 Å². The molecule has 4 aromatic carbocycles. The molecule has 0 unspecified atom stereocenters. The molecular weight excluding hydrogens is 520 g/mol. The third-order valence-corrected chi connectivity index (χ3v) is 6.58. The smallest absolute Gasteiger partial charge is 0.336 e. The lowest BCUT2D eigenvalue weighted by atomic mass is 9.99. The van der Waals surface area contributed by atoms with Crippen LogP contribution in [0.2, 0.25) is 0 Å². The number of hydrogen-bond donors (Lipinski definition) is 1. The van der Waals surface area contributed by atoms with Crippen LogP contribution in [0, 0.1) is 6.92 Å². The summed E-state index contributed by atoms with van der Waals surface area (Å²) < 4.78 is 17.5. The zero-order valence-electron chi connectivity index (χ0n) is 23.1. The number of carbonyl (C=O) groups excluding carboxylic acids is 3. The fourth-order valence-corrected chi connectivity index (χ4v) is 4.74. The number of urea groups is 1. The highest BCUT2D eigenvalue weighted by atomic mass is 16.5. The molecular formula is C33H30N2O6. The monoisotopic (exact) mass is 550 g/mol. The molecule has 0 saturated carbocycles. The maximum atomic E-state index is 13.9. The fourth-order valence-electron chi connectivity index (χ4n) is 4.74. The quantitative estimate of drug-likeness (QED) is 0.197. The van der Waals surface area contributed by atoms with Crippen LogP contribution in [0.5, 0.6) is 17.2 Å². The van der Waals surface area contributed by atoms with Gasteiger partial charge in [-0.1, -0.05) is 60.2 Å². The Morgan fingerprint density at radius 1 is 0.805 bits per heavy atom. The van der Waals surface area contributed by atoms with Crippen LogP contribution >= 0.6 is 0 Å². The third-order valence-electron chi connectivity index (χ3n) is 6.58. The average molecular weight is 551 g/mol. The molecule has 1 aliphatic heterocycles. The van der Waals surface area contributed by atoms with Gasteiger partial charge in [-0.05, 0) is 61.4 Å². The number of imide groups is 2. The molecule has 1 fully saturated rings. The van der Waals surface area contributed by atoms with Crippen LogP contribution in [-0.4, -0.2) is 31.1 Å². The second kappa shape index (κ2) is 12.0. The van der Waals surface area contributed by atoms with E-state index in [-0.39, 0.29) is 11.3 Å². The number of nitrogens with zero attached hydrogens (tertiary/aromatic N) is 1. The van der Waals surface area contributed by atoms with E-state index in [0.717, 1.165) is 26.8 Å². The number of hydrogen-bond acceptors (Lipinski definition) is 6. The molecule has 0 aromatic heterocycles. The molecule has 0 bridgehead atoms. The topological polar surface area (TPSA) is 94.2 Å². The molecule has 5 rings (SSSR count). The molecule has 1 saturated heterocycles. The number of aryl methyl sites for hydroxylation is 1. The lowest BCUT2D eigenvalue weighted by molar-refractivity contribution is -0.122. The Morgan fingerprint density at radius 3 is 2.37 bits per heavy atom. The van der Waals surface area contributed by atoms with Crippen LogP contribution < -0.4 is 24.4 Å². The van der Waals surface area contributed by atoms with E-state index in [0.29, 0.717) is 42.6 Å². The Hall–Kier alpha value is -5.11. The molecule has 41 heavy (non-hydrogen) atoms. The van der Waals surface area contributed by atoms with Gasteiger partial charge < -0.3 is 14.2 Å². The van der Waals surface area contributed by atoms with Gasteiger partial charge in [0.05, 0.1) is 18.9 Å². The summed E-state index contributed by atoms with van der Waals surface area (Å²) in [5.74, 6) is -0.330. The van der Waals surface area contributed by atoms with Gasteiger partial charge in [-0.3, -0.25) is 14.9 Å². The Kier molecular flexibility index (Phi) is 8.01. The summed E-state index contributed by atoms with van der Waals surface area (Å²) in [7, 11) is 0. The summed E-state index contributed by atoms with van der Waals surface area (Å²) in [5.41, 5.74) is 2.61. The summed E-state index contributed by atoms with van der Waals surface area (Å²) >= 11 is 0. The highest BCUT2D eigenvalue weighted by Crippen LogP contribution is 2.36. The summed E-state index contributed by atoms with van der Waals surface area (Å²) in [4.78, 5) is 40.9. The maximum Gasteiger partial charge on any atom is 0.336 e. The molecule has 0 atom stereocenters.